The van der Waals surface area contributed by atoms with E-state index in [4.69, 9.17) is 14.5 Å². The summed E-state index contributed by atoms with van der Waals surface area (Å²) in [5.41, 5.74) is 0.915. The van der Waals surface area contributed by atoms with E-state index in [1.807, 2.05) is 61.2 Å². The van der Waals surface area contributed by atoms with Gasteiger partial charge in [0.2, 0.25) is 0 Å². The largest absolute Gasteiger partial charge is 0.492 e. The van der Waals surface area contributed by atoms with E-state index in [2.05, 4.69) is 11.0 Å². The molecule has 7 heteroatoms. The first-order valence-electron chi connectivity index (χ1n) is 9.93. The summed E-state index contributed by atoms with van der Waals surface area (Å²) in [6.45, 7) is 7.25. The number of carbonyl (C=O) groups is 1. The van der Waals surface area contributed by atoms with Crippen molar-refractivity contribution in [2.24, 2.45) is 0 Å². The summed E-state index contributed by atoms with van der Waals surface area (Å²) in [7, 11) is 0. The number of thiazole rings is 1. The molecule has 1 unspecified atom stereocenters. The molecule has 1 fully saturated rings. The third kappa shape index (κ3) is 4.29. The quantitative estimate of drug-likeness (QED) is 0.617. The first-order valence-corrected chi connectivity index (χ1v) is 10.7. The Bertz CT molecular complexity index is 968. The number of carbonyl (C=O) groups excluding carboxylic acids is 1. The first kappa shape index (κ1) is 19.5. The Morgan fingerprint density at radius 3 is 2.59 bits per heavy atom. The van der Waals surface area contributed by atoms with Crippen LogP contribution in [0.2, 0.25) is 0 Å². The lowest BCUT2D eigenvalue weighted by atomic mass is 10.2. The molecule has 1 aliphatic heterocycles. The fourth-order valence-electron chi connectivity index (χ4n) is 3.45. The number of ether oxygens (including phenoxy) is 2. The summed E-state index contributed by atoms with van der Waals surface area (Å²) in [4.78, 5) is 21.7. The molecular formula is C22H25N3O3S. The number of aromatic nitrogens is 1. The number of amides is 1. The zero-order valence-electron chi connectivity index (χ0n) is 16.7. The number of rotatable bonds is 6. The minimum absolute atomic E-state index is 0.0245. The molecule has 1 atom stereocenters. The van der Waals surface area contributed by atoms with Crippen LogP contribution in [0.25, 0.3) is 10.2 Å². The molecule has 1 aliphatic rings. The van der Waals surface area contributed by atoms with Crippen LogP contribution in [0.3, 0.4) is 0 Å². The SMILES string of the molecule is CCOc1cccc2sc(N3CCN(C(=O)C(C)Oc4ccccc4)CC3)nc12. The number of anilines is 1. The van der Waals surface area contributed by atoms with Crippen LogP contribution >= 0.6 is 11.3 Å². The zero-order valence-corrected chi connectivity index (χ0v) is 17.5. The summed E-state index contributed by atoms with van der Waals surface area (Å²) < 4.78 is 12.6. The molecule has 1 saturated heterocycles. The average Bonchev–Trinajstić information content (AvgIpc) is 3.20. The smallest absolute Gasteiger partial charge is 0.263 e. The maximum atomic E-state index is 12.8. The molecule has 2 aromatic carbocycles. The van der Waals surface area contributed by atoms with Gasteiger partial charge in [0.15, 0.2) is 11.2 Å². The van der Waals surface area contributed by atoms with Crippen molar-refractivity contribution in [3.8, 4) is 11.5 Å². The number of nitrogens with zero attached hydrogens (tertiary/aromatic N) is 3. The van der Waals surface area contributed by atoms with E-state index in [0.717, 1.165) is 34.2 Å². The molecule has 4 rings (SSSR count). The van der Waals surface area contributed by atoms with E-state index >= 15 is 0 Å². The molecule has 0 spiro atoms. The van der Waals surface area contributed by atoms with Crippen molar-refractivity contribution in [1.82, 2.24) is 9.88 Å². The molecule has 0 aliphatic carbocycles. The molecule has 0 radical (unpaired) electrons. The lowest BCUT2D eigenvalue weighted by Crippen LogP contribution is -2.52. The Hall–Kier alpha value is -2.80. The fraction of sp³-hybridized carbons (Fsp3) is 0.364. The second kappa shape index (κ2) is 8.69. The summed E-state index contributed by atoms with van der Waals surface area (Å²) >= 11 is 1.67. The lowest BCUT2D eigenvalue weighted by molar-refractivity contribution is -0.138. The molecule has 1 amide bonds. The Morgan fingerprint density at radius 1 is 1.10 bits per heavy atom. The lowest BCUT2D eigenvalue weighted by Gasteiger charge is -2.35. The number of piperazine rings is 1. The van der Waals surface area contributed by atoms with Crippen molar-refractivity contribution in [2.75, 3.05) is 37.7 Å². The van der Waals surface area contributed by atoms with Crippen LogP contribution in [0.5, 0.6) is 11.5 Å². The van der Waals surface area contributed by atoms with Gasteiger partial charge in [0, 0.05) is 26.2 Å². The van der Waals surface area contributed by atoms with Gasteiger partial charge in [0.05, 0.1) is 11.3 Å². The van der Waals surface area contributed by atoms with E-state index in [9.17, 15) is 4.79 Å². The fourth-order valence-corrected chi connectivity index (χ4v) is 4.48. The molecule has 152 valence electrons. The molecule has 0 bridgehead atoms. The van der Waals surface area contributed by atoms with Gasteiger partial charge in [-0.3, -0.25) is 4.79 Å². The molecule has 6 nitrogen and oxygen atoms in total. The van der Waals surface area contributed by atoms with E-state index in [0.29, 0.717) is 25.4 Å². The molecule has 1 aromatic heterocycles. The zero-order chi connectivity index (χ0) is 20.2. The normalized spacial score (nSPS) is 15.4. The van der Waals surface area contributed by atoms with Crippen molar-refractivity contribution in [1.29, 1.82) is 0 Å². The Kier molecular flexibility index (Phi) is 5.85. The van der Waals surface area contributed by atoms with Crippen molar-refractivity contribution >= 4 is 32.6 Å². The number of hydrogen-bond donors (Lipinski definition) is 0. The van der Waals surface area contributed by atoms with Crippen LogP contribution in [-0.2, 0) is 4.79 Å². The van der Waals surface area contributed by atoms with E-state index in [1.54, 1.807) is 11.3 Å². The van der Waals surface area contributed by atoms with Gasteiger partial charge in [0.25, 0.3) is 5.91 Å². The highest BCUT2D eigenvalue weighted by Gasteiger charge is 2.27. The van der Waals surface area contributed by atoms with E-state index in [1.165, 1.54) is 0 Å². The van der Waals surface area contributed by atoms with Gasteiger partial charge >= 0.3 is 0 Å². The number of para-hydroxylation sites is 2. The summed E-state index contributed by atoms with van der Waals surface area (Å²) in [6.07, 6.45) is -0.500. The second-order valence-electron chi connectivity index (χ2n) is 6.92. The Balaban J connectivity index is 1.38. The van der Waals surface area contributed by atoms with Crippen LogP contribution in [0, 0.1) is 0 Å². The highest BCUT2D eigenvalue weighted by molar-refractivity contribution is 7.22. The number of hydrogen-bond acceptors (Lipinski definition) is 6. The first-order chi connectivity index (χ1) is 14.2. The van der Waals surface area contributed by atoms with Gasteiger partial charge in [-0.2, -0.15) is 0 Å². The average molecular weight is 412 g/mol. The van der Waals surface area contributed by atoms with Gasteiger partial charge in [-0.15, -0.1) is 0 Å². The van der Waals surface area contributed by atoms with Gasteiger partial charge in [-0.1, -0.05) is 35.6 Å². The third-order valence-corrected chi connectivity index (χ3v) is 6.02. The minimum atomic E-state index is -0.500. The predicted octanol–water partition coefficient (Wildman–Crippen LogP) is 3.81. The number of benzene rings is 2. The van der Waals surface area contributed by atoms with Gasteiger partial charge < -0.3 is 19.3 Å². The summed E-state index contributed by atoms with van der Waals surface area (Å²) in [5, 5.41) is 0.979. The van der Waals surface area contributed by atoms with Crippen LogP contribution in [0.1, 0.15) is 13.8 Å². The van der Waals surface area contributed by atoms with Gasteiger partial charge in [-0.25, -0.2) is 4.98 Å². The molecular weight excluding hydrogens is 386 g/mol. The number of fused-ring (bicyclic) bond motifs is 1. The monoisotopic (exact) mass is 411 g/mol. The summed E-state index contributed by atoms with van der Waals surface area (Å²) in [5.74, 6) is 1.57. The van der Waals surface area contributed by atoms with Gasteiger partial charge in [-0.05, 0) is 38.1 Å². The van der Waals surface area contributed by atoms with Crippen molar-refractivity contribution in [2.45, 2.75) is 20.0 Å². The maximum Gasteiger partial charge on any atom is 0.263 e. The van der Waals surface area contributed by atoms with Crippen molar-refractivity contribution in [3.05, 3.63) is 48.5 Å². The predicted molar refractivity (Wildman–Crippen MR) is 116 cm³/mol. The van der Waals surface area contributed by atoms with Crippen molar-refractivity contribution < 1.29 is 14.3 Å². The van der Waals surface area contributed by atoms with Crippen LogP contribution in [-0.4, -0.2) is 54.7 Å². The van der Waals surface area contributed by atoms with Gasteiger partial charge in [0.1, 0.15) is 17.0 Å². The summed E-state index contributed by atoms with van der Waals surface area (Å²) in [6, 6.07) is 15.5. The highest BCUT2D eigenvalue weighted by Crippen LogP contribution is 2.34. The van der Waals surface area contributed by atoms with E-state index < -0.39 is 6.10 Å². The molecule has 2 heterocycles. The standard InChI is InChI=1S/C22H25N3O3S/c1-3-27-18-10-7-11-19-20(18)23-22(29-19)25-14-12-24(13-15-25)21(26)16(2)28-17-8-5-4-6-9-17/h4-11,16H,3,12-15H2,1-2H3. The Labute approximate surface area is 174 Å². The highest BCUT2D eigenvalue weighted by atomic mass is 32.1. The molecule has 29 heavy (non-hydrogen) atoms. The minimum Gasteiger partial charge on any atom is -0.492 e. The third-order valence-electron chi connectivity index (χ3n) is 4.94. The van der Waals surface area contributed by atoms with Crippen LogP contribution in [0.4, 0.5) is 5.13 Å². The molecule has 3 aromatic rings. The van der Waals surface area contributed by atoms with Crippen molar-refractivity contribution in [3.63, 3.8) is 0 Å². The molecule has 0 N–H and O–H groups in total. The second-order valence-corrected chi connectivity index (χ2v) is 7.93. The molecule has 0 saturated carbocycles. The Morgan fingerprint density at radius 2 is 1.86 bits per heavy atom. The van der Waals surface area contributed by atoms with E-state index in [-0.39, 0.29) is 5.91 Å². The topological polar surface area (TPSA) is 54.9 Å². The van der Waals surface area contributed by atoms with Crippen LogP contribution < -0.4 is 14.4 Å². The maximum absolute atomic E-state index is 12.8. The van der Waals surface area contributed by atoms with Crippen LogP contribution in [0.15, 0.2) is 48.5 Å².